The fourth-order valence-corrected chi connectivity index (χ4v) is 5.84. The zero-order valence-corrected chi connectivity index (χ0v) is 29.8. The Morgan fingerprint density at radius 2 is 0.500 bits per heavy atom. The minimum atomic E-state index is 0.733. The molecular weight excluding hydrogens is 516 g/mol. The summed E-state index contributed by atoms with van der Waals surface area (Å²) in [6, 6.07) is 0. The van der Waals surface area contributed by atoms with Gasteiger partial charge in [0.2, 0.25) is 0 Å². The summed E-state index contributed by atoms with van der Waals surface area (Å²) >= 11 is 0. The van der Waals surface area contributed by atoms with E-state index in [1.54, 1.807) is 0 Å². The quantitative estimate of drug-likeness (QED) is 0.0666. The fraction of sp³-hybridized carbons (Fsp3) is 1.00. The van der Waals surface area contributed by atoms with Crippen LogP contribution in [-0.4, -0.2) is 75.5 Å². The Bertz CT molecular complexity index is 402. The summed E-state index contributed by atoms with van der Waals surface area (Å²) in [5, 5.41) is 0. The summed E-state index contributed by atoms with van der Waals surface area (Å²) in [6.07, 6.45) is 33.1. The minimum Gasteiger partial charge on any atom is -0.378 e. The van der Waals surface area contributed by atoms with Crippen LogP contribution in [0.25, 0.3) is 0 Å². The van der Waals surface area contributed by atoms with Gasteiger partial charge in [-0.2, -0.15) is 0 Å². The van der Waals surface area contributed by atoms with Gasteiger partial charge < -0.3 is 19.3 Å². The Morgan fingerprint density at radius 3 is 0.762 bits per heavy atom. The average molecular weight is 597 g/mol. The monoisotopic (exact) mass is 597 g/mol. The molecule has 0 saturated carbocycles. The SMILES string of the molecule is CCCCCCCCN(CCCCCCCC)CCOCCOCCN(CCCCCCCC)CCCCCCCC. The highest BCUT2D eigenvalue weighted by molar-refractivity contribution is 4.61. The lowest BCUT2D eigenvalue weighted by molar-refractivity contribution is 0.0305. The van der Waals surface area contributed by atoms with E-state index in [0.717, 1.165) is 39.5 Å². The zero-order valence-electron chi connectivity index (χ0n) is 29.8. The third-order valence-corrected chi connectivity index (χ3v) is 8.79. The standard InChI is InChI=1S/C38H80N2O2/c1-5-9-13-17-21-25-29-39(30-26-22-18-14-10-6-2)33-35-41-37-38-42-36-34-40(31-27-23-19-15-11-7-3)32-28-24-20-16-12-8-4/h5-38H2,1-4H3. The Balaban J connectivity index is 4.13. The molecule has 0 aliphatic rings. The lowest BCUT2D eigenvalue weighted by Gasteiger charge is -2.23. The van der Waals surface area contributed by atoms with E-state index in [1.807, 2.05) is 0 Å². The van der Waals surface area contributed by atoms with Crippen LogP contribution in [0, 0.1) is 0 Å². The van der Waals surface area contributed by atoms with Crippen molar-refractivity contribution < 1.29 is 9.47 Å². The molecule has 0 atom stereocenters. The van der Waals surface area contributed by atoms with Crippen LogP contribution >= 0.6 is 0 Å². The lowest BCUT2D eigenvalue weighted by atomic mass is 10.1. The number of unbranched alkanes of at least 4 members (excludes halogenated alkanes) is 20. The van der Waals surface area contributed by atoms with Gasteiger partial charge in [0.1, 0.15) is 0 Å². The average Bonchev–Trinajstić information content (AvgIpc) is 3.00. The first kappa shape index (κ1) is 41.8. The van der Waals surface area contributed by atoms with Crippen LogP contribution in [0.2, 0.25) is 0 Å². The maximum atomic E-state index is 6.03. The van der Waals surface area contributed by atoms with Crippen molar-refractivity contribution in [3.8, 4) is 0 Å². The van der Waals surface area contributed by atoms with E-state index in [9.17, 15) is 0 Å². The molecule has 0 heterocycles. The maximum Gasteiger partial charge on any atom is 0.0701 e. The van der Waals surface area contributed by atoms with Gasteiger partial charge in [-0.1, -0.05) is 156 Å². The van der Waals surface area contributed by atoms with Crippen LogP contribution in [0.4, 0.5) is 0 Å². The molecule has 0 aliphatic carbocycles. The summed E-state index contributed by atoms with van der Waals surface area (Å²) in [5.74, 6) is 0. The van der Waals surface area contributed by atoms with E-state index in [2.05, 4.69) is 37.5 Å². The van der Waals surface area contributed by atoms with Crippen molar-refractivity contribution >= 4 is 0 Å². The molecule has 0 aromatic heterocycles. The second-order valence-corrected chi connectivity index (χ2v) is 13.0. The molecule has 0 bridgehead atoms. The van der Waals surface area contributed by atoms with Gasteiger partial charge in [-0.15, -0.1) is 0 Å². The second-order valence-electron chi connectivity index (χ2n) is 13.0. The molecule has 0 aliphatic heterocycles. The molecule has 4 heteroatoms. The van der Waals surface area contributed by atoms with Crippen molar-refractivity contribution in [3.63, 3.8) is 0 Å². The highest BCUT2D eigenvalue weighted by atomic mass is 16.5. The van der Waals surface area contributed by atoms with Crippen molar-refractivity contribution in [3.05, 3.63) is 0 Å². The Hall–Kier alpha value is -0.160. The van der Waals surface area contributed by atoms with Crippen molar-refractivity contribution in [1.82, 2.24) is 9.80 Å². The smallest absolute Gasteiger partial charge is 0.0701 e. The molecule has 0 N–H and O–H groups in total. The summed E-state index contributed by atoms with van der Waals surface area (Å²) in [7, 11) is 0. The number of ether oxygens (including phenoxy) is 2. The van der Waals surface area contributed by atoms with Gasteiger partial charge in [0, 0.05) is 13.1 Å². The first-order valence-corrected chi connectivity index (χ1v) is 19.4. The first-order chi connectivity index (χ1) is 20.8. The molecule has 42 heavy (non-hydrogen) atoms. The lowest BCUT2D eigenvalue weighted by Crippen LogP contribution is -2.31. The number of hydrogen-bond acceptors (Lipinski definition) is 4. The molecule has 0 radical (unpaired) electrons. The third-order valence-electron chi connectivity index (χ3n) is 8.79. The minimum absolute atomic E-state index is 0.733. The van der Waals surface area contributed by atoms with Gasteiger partial charge in [0.15, 0.2) is 0 Å². The highest BCUT2D eigenvalue weighted by Crippen LogP contribution is 2.10. The number of hydrogen-bond donors (Lipinski definition) is 0. The van der Waals surface area contributed by atoms with E-state index in [1.165, 1.54) is 180 Å². The number of rotatable bonds is 37. The van der Waals surface area contributed by atoms with Crippen LogP contribution in [-0.2, 0) is 9.47 Å². The summed E-state index contributed by atoms with van der Waals surface area (Å²) in [6.45, 7) is 19.5. The molecular formula is C38H80N2O2. The molecule has 0 fully saturated rings. The third kappa shape index (κ3) is 32.7. The number of nitrogens with zero attached hydrogens (tertiary/aromatic N) is 2. The van der Waals surface area contributed by atoms with Crippen LogP contribution in [0.3, 0.4) is 0 Å². The van der Waals surface area contributed by atoms with Crippen molar-refractivity contribution in [2.75, 3.05) is 65.7 Å². The second kappa shape index (κ2) is 37.0. The van der Waals surface area contributed by atoms with Crippen LogP contribution in [0.15, 0.2) is 0 Å². The summed E-state index contributed by atoms with van der Waals surface area (Å²) < 4.78 is 12.1. The molecule has 0 rings (SSSR count). The van der Waals surface area contributed by atoms with Crippen LogP contribution in [0.5, 0.6) is 0 Å². The summed E-state index contributed by atoms with van der Waals surface area (Å²) in [5.41, 5.74) is 0. The fourth-order valence-electron chi connectivity index (χ4n) is 5.84. The molecule has 4 nitrogen and oxygen atoms in total. The zero-order chi connectivity index (χ0) is 30.6. The molecule has 0 amide bonds. The Labute approximate surface area is 266 Å². The van der Waals surface area contributed by atoms with Gasteiger partial charge in [0.25, 0.3) is 0 Å². The predicted octanol–water partition coefficient (Wildman–Crippen LogP) is 11.1. The molecule has 0 spiro atoms. The molecule has 0 unspecified atom stereocenters. The Kier molecular flexibility index (Phi) is 36.9. The van der Waals surface area contributed by atoms with Crippen LogP contribution < -0.4 is 0 Å². The van der Waals surface area contributed by atoms with E-state index in [-0.39, 0.29) is 0 Å². The molecule has 0 saturated heterocycles. The van der Waals surface area contributed by atoms with Crippen molar-refractivity contribution in [1.29, 1.82) is 0 Å². The normalized spacial score (nSPS) is 11.9. The molecule has 254 valence electrons. The first-order valence-electron chi connectivity index (χ1n) is 19.4. The summed E-state index contributed by atoms with van der Waals surface area (Å²) in [4.78, 5) is 5.34. The van der Waals surface area contributed by atoms with Gasteiger partial charge in [-0.3, -0.25) is 0 Å². The van der Waals surface area contributed by atoms with E-state index >= 15 is 0 Å². The largest absolute Gasteiger partial charge is 0.378 e. The van der Waals surface area contributed by atoms with Gasteiger partial charge in [0.05, 0.1) is 26.4 Å². The van der Waals surface area contributed by atoms with E-state index in [4.69, 9.17) is 9.47 Å². The van der Waals surface area contributed by atoms with Gasteiger partial charge >= 0.3 is 0 Å². The Morgan fingerprint density at radius 1 is 0.262 bits per heavy atom. The maximum absolute atomic E-state index is 6.03. The van der Waals surface area contributed by atoms with Crippen LogP contribution in [0.1, 0.15) is 182 Å². The van der Waals surface area contributed by atoms with Gasteiger partial charge in [-0.25, -0.2) is 0 Å². The molecule has 0 aromatic rings. The molecule has 0 aromatic carbocycles. The predicted molar refractivity (Wildman–Crippen MR) is 188 cm³/mol. The van der Waals surface area contributed by atoms with Crippen molar-refractivity contribution in [2.24, 2.45) is 0 Å². The van der Waals surface area contributed by atoms with Crippen molar-refractivity contribution in [2.45, 2.75) is 182 Å². The highest BCUT2D eigenvalue weighted by Gasteiger charge is 2.07. The van der Waals surface area contributed by atoms with Gasteiger partial charge in [-0.05, 0) is 51.9 Å². The topological polar surface area (TPSA) is 24.9 Å². The van der Waals surface area contributed by atoms with E-state index in [0.29, 0.717) is 0 Å². The van der Waals surface area contributed by atoms with E-state index < -0.39 is 0 Å².